The topological polar surface area (TPSA) is 77.5 Å². The Morgan fingerprint density at radius 3 is 2.44 bits per heavy atom. The number of nitrogens with one attached hydrogen (secondary N) is 1. The average molecular weight is 426 g/mol. The van der Waals surface area contributed by atoms with Crippen LogP contribution in [0, 0.1) is 6.92 Å². The zero-order valence-electron chi connectivity index (χ0n) is 17.8. The predicted molar refractivity (Wildman–Crippen MR) is 124 cm³/mol. The minimum Gasteiger partial charge on any atom is -0.495 e. The summed E-state index contributed by atoms with van der Waals surface area (Å²) in [6, 6.07) is 24.0. The summed E-state index contributed by atoms with van der Waals surface area (Å²) < 4.78 is 10.6. The molecule has 0 radical (unpaired) electrons. The molecule has 0 bridgehead atoms. The molecule has 0 aliphatic carbocycles. The molecule has 1 heterocycles. The zero-order valence-corrected chi connectivity index (χ0v) is 17.8. The van der Waals surface area contributed by atoms with Crippen LogP contribution in [-0.4, -0.2) is 30.6 Å². The number of anilines is 1. The van der Waals surface area contributed by atoms with Crippen LogP contribution in [0.25, 0.3) is 22.2 Å². The molecule has 0 saturated carbocycles. The van der Waals surface area contributed by atoms with E-state index in [1.54, 1.807) is 30.3 Å². The molecule has 4 aromatic rings. The van der Waals surface area contributed by atoms with E-state index in [0.29, 0.717) is 33.6 Å². The highest BCUT2D eigenvalue weighted by Crippen LogP contribution is 2.26. The second-order valence-corrected chi connectivity index (χ2v) is 7.26. The van der Waals surface area contributed by atoms with E-state index < -0.39 is 18.5 Å². The zero-order chi connectivity index (χ0) is 22.5. The van der Waals surface area contributed by atoms with Gasteiger partial charge in [0.1, 0.15) is 5.75 Å². The predicted octanol–water partition coefficient (Wildman–Crippen LogP) is 5.01. The van der Waals surface area contributed by atoms with Gasteiger partial charge < -0.3 is 14.8 Å². The summed E-state index contributed by atoms with van der Waals surface area (Å²) in [7, 11) is 1.52. The number of aryl methyl sites for hydroxylation is 1. The van der Waals surface area contributed by atoms with Crippen LogP contribution in [0.5, 0.6) is 5.75 Å². The van der Waals surface area contributed by atoms with Crippen LogP contribution in [-0.2, 0) is 9.53 Å². The molecule has 0 unspecified atom stereocenters. The third-order valence-corrected chi connectivity index (χ3v) is 5.00. The molecule has 6 heteroatoms. The fraction of sp³-hybridized carbons (Fsp3) is 0.115. The minimum absolute atomic E-state index is 0.358. The van der Waals surface area contributed by atoms with Gasteiger partial charge in [-0.25, -0.2) is 9.78 Å². The second kappa shape index (κ2) is 9.31. The molecule has 1 amide bonds. The quantitative estimate of drug-likeness (QED) is 0.438. The maximum Gasteiger partial charge on any atom is 0.339 e. The number of methoxy groups -OCH3 is 1. The lowest BCUT2D eigenvalue weighted by Gasteiger charge is -2.12. The van der Waals surface area contributed by atoms with Crippen molar-refractivity contribution in [2.75, 3.05) is 19.0 Å². The number of fused-ring (bicyclic) bond motifs is 1. The van der Waals surface area contributed by atoms with E-state index in [4.69, 9.17) is 9.47 Å². The molecule has 1 aromatic heterocycles. The van der Waals surface area contributed by atoms with E-state index in [0.717, 1.165) is 11.1 Å². The summed E-state index contributed by atoms with van der Waals surface area (Å²) in [5.41, 5.74) is 4.23. The number of amides is 1. The largest absolute Gasteiger partial charge is 0.495 e. The lowest BCUT2D eigenvalue weighted by molar-refractivity contribution is -0.119. The van der Waals surface area contributed by atoms with E-state index in [9.17, 15) is 9.59 Å². The van der Waals surface area contributed by atoms with Crippen LogP contribution >= 0.6 is 0 Å². The number of para-hydroxylation sites is 3. The standard InChI is InChI=1S/C26H22N2O4/c1-17-11-13-18(14-12-17)23-15-20(19-7-3-4-8-21(19)27-23)26(30)32-16-25(29)28-22-9-5-6-10-24(22)31-2/h3-15H,16H2,1-2H3,(H,28,29). The number of nitrogens with zero attached hydrogens (tertiary/aromatic N) is 1. The molecule has 0 spiro atoms. The molecule has 0 atom stereocenters. The second-order valence-electron chi connectivity index (χ2n) is 7.26. The molecule has 3 aromatic carbocycles. The fourth-order valence-corrected chi connectivity index (χ4v) is 3.36. The first-order valence-electron chi connectivity index (χ1n) is 10.1. The summed E-state index contributed by atoms with van der Waals surface area (Å²) >= 11 is 0. The molecular formula is C26H22N2O4. The van der Waals surface area contributed by atoms with Gasteiger partial charge in [0.25, 0.3) is 5.91 Å². The number of hydrogen-bond donors (Lipinski definition) is 1. The number of ether oxygens (including phenoxy) is 2. The summed E-state index contributed by atoms with van der Waals surface area (Å²) in [6.45, 7) is 1.59. The number of pyridine rings is 1. The van der Waals surface area contributed by atoms with Crippen molar-refractivity contribution >= 4 is 28.5 Å². The Morgan fingerprint density at radius 1 is 0.938 bits per heavy atom. The Hall–Kier alpha value is -4.19. The van der Waals surface area contributed by atoms with Gasteiger partial charge in [0.15, 0.2) is 6.61 Å². The Morgan fingerprint density at radius 2 is 1.66 bits per heavy atom. The van der Waals surface area contributed by atoms with Crippen LogP contribution in [0.3, 0.4) is 0 Å². The van der Waals surface area contributed by atoms with Gasteiger partial charge in [-0.15, -0.1) is 0 Å². The first-order chi connectivity index (χ1) is 15.5. The molecule has 0 saturated heterocycles. The van der Waals surface area contributed by atoms with Crippen LogP contribution in [0.1, 0.15) is 15.9 Å². The van der Waals surface area contributed by atoms with Crippen LogP contribution in [0.15, 0.2) is 78.9 Å². The third kappa shape index (κ3) is 4.59. The van der Waals surface area contributed by atoms with Crippen LogP contribution < -0.4 is 10.1 Å². The number of aromatic nitrogens is 1. The third-order valence-electron chi connectivity index (χ3n) is 5.00. The van der Waals surface area contributed by atoms with E-state index in [-0.39, 0.29) is 0 Å². The molecular weight excluding hydrogens is 404 g/mol. The lowest BCUT2D eigenvalue weighted by Crippen LogP contribution is -2.21. The normalized spacial score (nSPS) is 10.6. The van der Waals surface area contributed by atoms with Crippen LogP contribution in [0.2, 0.25) is 0 Å². The van der Waals surface area contributed by atoms with Crippen molar-refractivity contribution in [3.05, 3.63) is 90.0 Å². The van der Waals surface area contributed by atoms with Crippen molar-refractivity contribution in [3.8, 4) is 17.0 Å². The van der Waals surface area contributed by atoms with Gasteiger partial charge in [-0.3, -0.25) is 4.79 Å². The van der Waals surface area contributed by atoms with Gasteiger partial charge in [0, 0.05) is 10.9 Å². The molecule has 1 N–H and O–H groups in total. The number of rotatable bonds is 6. The molecule has 6 nitrogen and oxygen atoms in total. The number of esters is 1. The smallest absolute Gasteiger partial charge is 0.339 e. The van der Waals surface area contributed by atoms with Crippen molar-refractivity contribution in [1.82, 2.24) is 4.98 Å². The molecule has 0 aliphatic heterocycles. The van der Waals surface area contributed by atoms with Gasteiger partial charge in [0.05, 0.1) is 29.6 Å². The Kier molecular flexibility index (Phi) is 6.12. The van der Waals surface area contributed by atoms with Crippen molar-refractivity contribution in [1.29, 1.82) is 0 Å². The summed E-state index contributed by atoms with van der Waals surface area (Å²) in [4.78, 5) is 30.0. The fourth-order valence-electron chi connectivity index (χ4n) is 3.36. The van der Waals surface area contributed by atoms with Gasteiger partial charge in [-0.2, -0.15) is 0 Å². The maximum absolute atomic E-state index is 12.9. The van der Waals surface area contributed by atoms with Gasteiger partial charge >= 0.3 is 5.97 Å². The highest BCUT2D eigenvalue weighted by atomic mass is 16.5. The molecule has 0 fully saturated rings. The van der Waals surface area contributed by atoms with E-state index in [1.807, 2.05) is 55.5 Å². The first kappa shape index (κ1) is 21.1. The molecule has 4 rings (SSSR count). The van der Waals surface area contributed by atoms with Gasteiger partial charge in [0.2, 0.25) is 0 Å². The molecule has 32 heavy (non-hydrogen) atoms. The highest BCUT2D eigenvalue weighted by Gasteiger charge is 2.17. The van der Waals surface area contributed by atoms with Crippen LogP contribution in [0.4, 0.5) is 5.69 Å². The number of carbonyl (C=O) groups is 2. The highest BCUT2D eigenvalue weighted by molar-refractivity contribution is 6.05. The number of hydrogen-bond acceptors (Lipinski definition) is 5. The molecule has 0 aliphatic rings. The number of carbonyl (C=O) groups excluding carboxylic acids is 2. The Bertz CT molecular complexity index is 1280. The summed E-state index contributed by atoms with van der Waals surface area (Å²) in [5.74, 6) is -0.526. The van der Waals surface area contributed by atoms with Crippen molar-refractivity contribution in [3.63, 3.8) is 0 Å². The maximum atomic E-state index is 12.9. The Labute approximate surface area is 185 Å². The Balaban J connectivity index is 1.56. The van der Waals surface area contributed by atoms with E-state index in [1.165, 1.54) is 7.11 Å². The average Bonchev–Trinajstić information content (AvgIpc) is 2.82. The van der Waals surface area contributed by atoms with E-state index >= 15 is 0 Å². The van der Waals surface area contributed by atoms with E-state index in [2.05, 4.69) is 10.3 Å². The first-order valence-corrected chi connectivity index (χ1v) is 10.1. The monoisotopic (exact) mass is 426 g/mol. The minimum atomic E-state index is -0.591. The summed E-state index contributed by atoms with van der Waals surface area (Å²) in [5, 5.41) is 3.36. The number of benzene rings is 3. The van der Waals surface area contributed by atoms with Crippen molar-refractivity contribution < 1.29 is 19.1 Å². The van der Waals surface area contributed by atoms with Gasteiger partial charge in [-0.05, 0) is 31.2 Å². The van der Waals surface area contributed by atoms with Crippen molar-refractivity contribution in [2.45, 2.75) is 6.92 Å². The van der Waals surface area contributed by atoms with Crippen molar-refractivity contribution in [2.24, 2.45) is 0 Å². The van der Waals surface area contributed by atoms with Gasteiger partial charge in [-0.1, -0.05) is 60.2 Å². The lowest BCUT2D eigenvalue weighted by atomic mass is 10.0. The SMILES string of the molecule is COc1ccccc1NC(=O)COC(=O)c1cc(-c2ccc(C)cc2)nc2ccccc12. The molecule has 160 valence electrons. The summed E-state index contributed by atoms with van der Waals surface area (Å²) in [6.07, 6.45) is 0.